The second kappa shape index (κ2) is 5.23. The summed E-state index contributed by atoms with van der Waals surface area (Å²) in [5, 5.41) is 13.1. The van der Waals surface area contributed by atoms with Crippen molar-refractivity contribution in [1.29, 1.82) is 5.26 Å². The van der Waals surface area contributed by atoms with Crippen LogP contribution in [0.3, 0.4) is 0 Å². The van der Waals surface area contributed by atoms with Gasteiger partial charge in [-0.25, -0.2) is 0 Å². The lowest BCUT2D eigenvalue weighted by Crippen LogP contribution is -2.35. The average Bonchev–Trinajstić information content (AvgIpc) is 3.06. The number of nitrogens with zero attached hydrogens (tertiary/aromatic N) is 2. The highest BCUT2D eigenvalue weighted by atomic mass is 32.1. The average molecular weight is 274 g/mol. The SMILES string of the molecule is N#CCCN1CCc2sccc2[C@H]1c1cccs1. The Morgan fingerprint density at radius 2 is 2.28 bits per heavy atom. The zero-order valence-corrected chi connectivity index (χ0v) is 11.6. The fourth-order valence-electron chi connectivity index (χ4n) is 2.58. The second-order valence-electron chi connectivity index (χ2n) is 4.41. The van der Waals surface area contributed by atoms with Gasteiger partial charge in [0.05, 0.1) is 12.1 Å². The molecule has 0 radical (unpaired) electrons. The van der Waals surface area contributed by atoms with E-state index < -0.39 is 0 Å². The first-order valence-electron chi connectivity index (χ1n) is 6.11. The highest BCUT2D eigenvalue weighted by Crippen LogP contribution is 2.39. The third-order valence-electron chi connectivity index (χ3n) is 3.39. The van der Waals surface area contributed by atoms with E-state index in [-0.39, 0.29) is 0 Å². The van der Waals surface area contributed by atoms with E-state index in [9.17, 15) is 0 Å². The van der Waals surface area contributed by atoms with Gasteiger partial charge in [-0.2, -0.15) is 5.26 Å². The number of fused-ring (bicyclic) bond motifs is 1. The van der Waals surface area contributed by atoms with E-state index in [1.807, 2.05) is 22.7 Å². The van der Waals surface area contributed by atoms with Crippen LogP contribution in [0.2, 0.25) is 0 Å². The molecule has 2 aromatic heterocycles. The maximum Gasteiger partial charge on any atom is 0.0707 e. The van der Waals surface area contributed by atoms with Crippen LogP contribution >= 0.6 is 22.7 Å². The molecule has 3 rings (SSSR count). The predicted octanol–water partition coefficient (Wildman–Crippen LogP) is 3.67. The molecule has 1 aliphatic rings. The molecule has 0 unspecified atom stereocenters. The van der Waals surface area contributed by atoms with Gasteiger partial charge in [0, 0.05) is 29.3 Å². The Morgan fingerprint density at radius 3 is 3.06 bits per heavy atom. The first kappa shape index (κ1) is 11.9. The largest absolute Gasteiger partial charge is 0.290 e. The lowest BCUT2D eigenvalue weighted by Gasteiger charge is -2.34. The first-order chi connectivity index (χ1) is 8.90. The number of thiophene rings is 2. The quantitative estimate of drug-likeness (QED) is 0.854. The Labute approximate surface area is 115 Å². The standard InChI is InChI=1S/C14H14N2S2/c15-6-2-7-16-8-4-12-11(5-10-18-12)14(16)13-3-1-9-17-13/h1,3,5,9-10,14H,2,4,7-8H2/t14-/m0/s1. The number of hydrogen-bond acceptors (Lipinski definition) is 4. The topological polar surface area (TPSA) is 27.0 Å². The van der Waals surface area contributed by atoms with E-state index in [2.05, 4.69) is 39.9 Å². The molecule has 0 fully saturated rings. The summed E-state index contributed by atoms with van der Waals surface area (Å²) in [5.74, 6) is 0. The van der Waals surface area contributed by atoms with Crippen LogP contribution in [0, 0.1) is 11.3 Å². The second-order valence-corrected chi connectivity index (χ2v) is 6.39. The van der Waals surface area contributed by atoms with Crippen molar-refractivity contribution in [3.05, 3.63) is 44.3 Å². The molecule has 0 aromatic carbocycles. The molecule has 4 heteroatoms. The van der Waals surface area contributed by atoms with Crippen LogP contribution in [0.5, 0.6) is 0 Å². The number of nitriles is 1. The normalized spacial score (nSPS) is 19.4. The minimum atomic E-state index is 0.369. The molecule has 0 N–H and O–H groups in total. The van der Waals surface area contributed by atoms with Crippen LogP contribution < -0.4 is 0 Å². The van der Waals surface area contributed by atoms with Gasteiger partial charge in [-0.05, 0) is 34.9 Å². The lowest BCUT2D eigenvalue weighted by atomic mass is 9.98. The number of rotatable bonds is 3. The van der Waals surface area contributed by atoms with Crippen LogP contribution in [-0.4, -0.2) is 18.0 Å². The molecule has 0 amide bonds. The van der Waals surface area contributed by atoms with Gasteiger partial charge in [-0.3, -0.25) is 4.90 Å². The fraction of sp³-hybridized carbons (Fsp3) is 0.357. The molecule has 0 saturated carbocycles. The Morgan fingerprint density at radius 1 is 1.33 bits per heavy atom. The Bertz CT molecular complexity index is 551. The van der Waals surface area contributed by atoms with Crippen LogP contribution in [0.1, 0.15) is 27.8 Å². The van der Waals surface area contributed by atoms with Gasteiger partial charge >= 0.3 is 0 Å². The summed E-state index contributed by atoms with van der Waals surface area (Å²) in [6.45, 7) is 1.94. The molecular weight excluding hydrogens is 260 g/mol. The van der Waals surface area contributed by atoms with Gasteiger partial charge in [0.25, 0.3) is 0 Å². The van der Waals surface area contributed by atoms with Gasteiger partial charge in [0.15, 0.2) is 0 Å². The van der Waals surface area contributed by atoms with E-state index in [0.29, 0.717) is 12.5 Å². The van der Waals surface area contributed by atoms with Gasteiger partial charge in [0.2, 0.25) is 0 Å². The van der Waals surface area contributed by atoms with Crippen LogP contribution in [0.25, 0.3) is 0 Å². The van der Waals surface area contributed by atoms with E-state index in [1.165, 1.54) is 15.3 Å². The summed E-state index contributed by atoms with van der Waals surface area (Å²) in [5.41, 5.74) is 1.45. The van der Waals surface area contributed by atoms with Crippen LogP contribution in [-0.2, 0) is 6.42 Å². The van der Waals surface area contributed by atoms with Gasteiger partial charge in [0.1, 0.15) is 0 Å². The van der Waals surface area contributed by atoms with Crippen molar-refractivity contribution in [3.63, 3.8) is 0 Å². The van der Waals surface area contributed by atoms with E-state index in [1.54, 1.807) is 0 Å². The summed E-state index contributed by atoms with van der Waals surface area (Å²) < 4.78 is 0. The zero-order valence-electron chi connectivity index (χ0n) is 10.0. The Kier molecular flexibility index (Phi) is 3.46. The molecule has 18 heavy (non-hydrogen) atoms. The molecule has 92 valence electrons. The lowest BCUT2D eigenvalue weighted by molar-refractivity contribution is 0.223. The summed E-state index contributed by atoms with van der Waals surface area (Å²) in [6.07, 6.45) is 1.74. The number of hydrogen-bond donors (Lipinski definition) is 0. The van der Waals surface area contributed by atoms with E-state index >= 15 is 0 Å². The van der Waals surface area contributed by atoms with Crippen molar-refractivity contribution in [2.24, 2.45) is 0 Å². The summed E-state index contributed by atoms with van der Waals surface area (Å²) in [7, 11) is 0. The molecular formula is C14H14N2S2. The van der Waals surface area contributed by atoms with Crippen LogP contribution in [0.4, 0.5) is 0 Å². The third-order valence-corrected chi connectivity index (χ3v) is 5.31. The van der Waals surface area contributed by atoms with Gasteiger partial charge in [-0.1, -0.05) is 6.07 Å². The van der Waals surface area contributed by atoms with Crippen molar-refractivity contribution in [2.75, 3.05) is 13.1 Å². The maximum absolute atomic E-state index is 8.80. The Balaban J connectivity index is 1.95. The zero-order chi connectivity index (χ0) is 12.4. The minimum Gasteiger partial charge on any atom is -0.290 e. The van der Waals surface area contributed by atoms with Crippen molar-refractivity contribution in [1.82, 2.24) is 4.90 Å². The molecule has 1 aliphatic heterocycles. The van der Waals surface area contributed by atoms with Crippen molar-refractivity contribution in [2.45, 2.75) is 18.9 Å². The summed E-state index contributed by atoms with van der Waals surface area (Å²) in [4.78, 5) is 5.36. The van der Waals surface area contributed by atoms with E-state index in [0.717, 1.165) is 19.5 Å². The predicted molar refractivity (Wildman–Crippen MR) is 76.0 cm³/mol. The highest BCUT2D eigenvalue weighted by Gasteiger charge is 2.29. The highest BCUT2D eigenvalue weighted by molar-refractivity contribution is 7.10. The molecule has 2 aromatic rings. The molecule has 0 aliphatic carbocycles. The Hall–Kier alpha value is -1.15. The molecule has 0 spiro atoms. The maximum atomic E-state index is 8.80. The first-order valence-corrected chi connectivity index (χ1v) is 7.87. The fourth-order valence-corrected chi connectivity index (χ4v) is 4.36. The molecule has 3 heterocycles. The van der Waals surface area contributed by atoms with Crippen LogP contribution in [0.15, 0.2) is 29.0 Å². The van der Waals surface area contributed by atoms with Crippen molar-refractivity contribution >= 4 is 22.7 Å². The summed E-state index contributed by atoms with van der Waals surface area (Å²) >= 11 is 3.68. The molecule has 0 saturated heterocycles. The summed E-state index contributed by atoms with van der Waals surface area (Å²) in [6, 6.07) is 9.21. The van der Waals surface area contributed by atoms with Gasteiger partial charge in [-0.15, -0.1) is 22.7 Å². The van der Waals surface area contributed by atoms with Crippen molar-refractivity contribution < 1.29 is 0 Å². The van der Waals surface area contributed by atoms with Crippen molar-refractivity contribution in [3.8, 4) is 6.07 Å². The monoisotopic (exact) mass is 274 g/mol. The molecule has 0 bridgehead atoms. The smallest absolute Gasteiger partial charge is 0.0707 e. The molecule has 1 atom stereocenters. The third kappa shape index (κ3) is 2.10. The molecule has 2 nitrogen and oxygen atoms in total. The van der Waals surface area contributed by atoms with E-state index in [4.69, 9.17) is 5.26 Å². The minimum absolute atomic E-state index is 0.369. The van der Waals surface area contributed by atoms with Gasteiger partial charge < -0.3 is 0 Å².